The maximum Gasteiger partial charge on any atom is 0.410 e. The second kappa shape index (κ2) is 10.2. The third-order valence-corrected chi connectivity index (χ3v) is 7.10. The number of hydrogen-bond donors (Lipinski definition) is 2. The third-order valence-electron chi connectivity index (χ3n) is 6.05. The fraction of sp³-hybridized carbons (Fsp3) is 0.280. The van der Waals surface area contributed by atoms with Crippen molar-refractivity contribution in [3.8, 4) is 5.75 Å². The van der Waals surface area contributed by atoms with Crippen LogP contribution >= 0.6 is 22.9 Å². The topological polar surface area (TPSA) is 96.7 Å². The molecule has 2 aromatic heterocycles. The Labute approximate surface area is 212 Å². The summed E-state index contributed by atoms with van der Waals surface area (Å²) >= 11 is 7.75. The van der Waals surface area contributed by atoms with Gasteiger partial charge in [0, 0.05) is 39.7 Å². The van der Waals surface area contributed by atoms with E-state index in [2.05, 4.69) is 9.97 Å². The number of amides is 1. The number of halogens is 1. The molecule has 1 aliphatic rings. The molecule has 1 amide bonds. The van der Waals surface area contributed by atoms with E-state index in [0.717, 1.165) is 39.5 Å². The Balaban J connectivity index is 1.38. The summed E-state index contributed by atoms with van der Waals surface area (Å²) in [4.78, 5) is 22.4. The quantitative estimate of drug-likeness (QED) is 0.263. The van der Waals surface area contributed by atoms with Crippen LogP contribution in [0.1, 0.15) is 29.8 Å². The van der Waals surface area contributed by atoms with Crippen molar-refractivity contribution in [1.29, 1.82) is 0 Å². The molecule has 3 heterocycles. The van der Waals surface area contributed by atoms with Gasteiger partial charge in [0.05, 0.1) is 13.2 Å². The second-order valence-electron chi connectivity index (χ2n) is 8.18. The summed E-state index contributed by atoms with van der Waals surface area (Å²) in [5.74, 6) is 6.75. The molecule has 4 aromatic rings. The second-order valence-corrected chi connectivity index (χ2v) is 9.49. The minimum atomic E-state index is -0.328. The number of hydrogen-bond acceptors (Lipinski definition) is 7. The maximum absolute atomic E-state index is 12.9. The first-order valence-electron chi connectivity index (χ1n) is 11.4. The maximum atomic E-state index is 12.9. The van der Waals surface area contributed by atoms with Crippen LogP contribution < -0.4 is 15.6 Å². The molecule has 5 rings (SSSR count). The van der Waals surface area contributed by atoms with E-state index >= 15 is 0 Å². The zero-order valence-electron chi connectivity index (χ0n) is 19.2. The van der Waals surface area contributed by atoms with Gasteiger partial charge in [0.15, 0.2) is 5.13 Å². The number of carbonyl (C=O) groups excluding carboxylic acids is 1. The lowest BCUT2D eigenvalue weighted by Gasteiger charge is -2.35. The first-order valence-corrected chi connectivity index (χ1v) is 12.7. The van der Waals surface area contributed by atoms with Gasteiger partial charge in [-0.3, -0.25) is 9.91 Å². The van der Waals surface area contributed by atoms with Crippen LogP contribution in [0.2, 0.25) is 5.02 Å². The molecule has 0 spiro atoms. The van der Waals surface area contributed by atoms with Crippen LogP contribution in [0.15, 0.2) is 54.0 Å². The van der Waals surface area contributed by atoms with Gasteiger partial charge in [-0.25, -0.2) is 15.6 Å². The lowest BCUT2D eigenvalue weighted by Crippen LogP contribution is -2.41. The molecule has 8 nitrogen and oxygen atoms in total. The van der Waals surface area contributed by atoms with Gasteiger partial charge in [0.25, 0.3) is 0 Å². The zero-order chi connectivity index (χ0) is 24.4. The molecule has 1 unspecified atom stereocenters. The molecule has 3 N–H and O–H groups in total. The normalized spacial score (nSPS) is 15.2. The third kappa shape index (κ3) is 4.80. The number of H-pyrrole nitrogens is 1. The van der Waals surface area contributed by atoms with Crippen LogP contribution in [0.5, 0.6) is 5.75 Å². The molecular weight excluding hydrogens is 486 g/mol. The fourth-order valence-electron chi connectivity index (χ4n) is 4.47. The molecule has 1 aliphatic heterocycles. The van der Waals surface area contributed by atoms with Gasteiger partial charge in [-0.1, -0.05) is 23.7 Å². The summed E-state index contributed by atoms with van der Waals surface area (Å²) in [7, 11) is 0. The molecule has 10 heteroatoms. The van der Waals surface area contributed by atoms with E-state index in [0.29, 0.717) is 31.3 Å². The molecule has 2 aromatic carbocycles. The Bertz CT molecular complexity index is 1310. The summed E-state index contributed by atoms with van der Waals surface area (Å²) in [5.41, 5.74) is 4.13. The summed E-state index contributed by atoms with van der Waals surface area (Å²) in [6, 6.07) is 13.3. The Kier molecular flexibility index (Phi) is 6.81. The van der Waals surface area contributed by atoms with Gasteiger partial charge in [-0.05, 0) is 54.8 Å². The van der Waals surface area contributed by atoms with E-state index in [9.17, 15) is 4.79 Å². The molecule has 0 fully saturated rings. The van der Waals surface area contributed by atoms with Gasteiger partial charge in [0.1, 0.15) is 18.4 Å². The average molecular weight is 512 g/mol. The summed E-state index contributed by atoms with van der Waals surface area (Å²) in [6.07, 6.45) is 2.11. The van der Waals surface area contributed by atoms with Gasteiger partial charge in [0.2, 0.25) is 0 Å². The van der Waals surface area contributed by atoms with Crippen molar-refractivity contribution in [2.24, 2.45) is 5.84 Å². The molecular formula is C25H26ClN5O3S. The summed E-state index contributed by atoms with van der Waals surface area (Å²) in [6.45, 7) is 3.62. The number of thiazole rings is 1. The van der Waals surface area contributed by atoms with Crippen molar-refractivity contribution in [3.05, 3.63) is 75.9 Å². The minimum Gasteiger partial charge on any atom is -0.492 e. The van der Waals surface area contributed by atoms with E-state index in [4.69, 9.17) is 26.9 Å². The first kappa shape index (κ1) is 23.5. The highest BCUT2D eigenvalue weighted by atomic mass is 35.5. The number of ether oxygens (including phenoxy) is 2. The molecule has 35 heavy (non-hydrogen) atoms. The zero-order valence-corrected chi connectivity index (χ0v) is 20.8. The van der Waals surface area contributed by atoms with E-state index in [1.807, 2.05) is 54.8 Å². The number of hydrazine groups is 1. The van der Waals surface area contributed by atoms with Crippen molar-refractivity contribution < 1.29 is 14.3 Å². The first-order chi connectivity index (χ1) is 17.0. The number of fused-ring (bicyclic) bond motifs is 3. The predicted molar refractivity (Wildman–Crippen MR) is 138 cm³/mol. The van der Waals surface area contributed by atoms with Crippen LogP contribution in [0.4, 0.5) is 9.93 Å². The van der Waals surface area contributed by atoms with Gasteiger partial charge < -0.3 is 14.5 Å². The van der Waals surface area contributed by atoms with Crippen LogP contribution in [0.25, 0.3) is 10.9 Å². The number of nitrogens with zero attached hydrogens (tertiary/aromatic N) is 3. The Hall–Kier alpha value is -3.27. The molecule has 0 radical (unpaired) electrons. The van der Waals surface area contributed by atoms with Crippen molar-refractivity contribution >= 4 is 45.1 Å². The lowest BCUT2D eigenvalue weighted by atomic mass is 9.92. The van der Waals surface area contributed by atoms with Gasteiger partial charge in [-0.2, -0.15) is 0 Å². The van der Waals surface area contributed by atoms with Crippen molar-refractivity contribution in [2.75, 3.05) is 31.3 Å². The van der Waals surface area contributed by atoms with E-state index < -0.39 is 0 Å². The average Bonchev–Trinajstić information content (AvgIpc) is 3.52. The fourth-order valence-corrected chi connectivity index (χ4v) is 5.24. The van der Waals surface area contributed by atoms with Crippen LogP contribution in [0, 0.1) is 0 Å². The number of anilines is 1. The SMILES string of the molecule is CCOC(=O)N1CCc2c([nH]c3ccc(Cl)cc23)C1c1ccc(OCCN(N)c2nccs2)cc1. The van der Waals surface area contributed by atoms with E-state index in [-0.39, 0.29) is 12.1 Å². The molecule has 0 aliphatic carbocycles. The molecule has 182 valence electrons. The Morgan fingerprint density at radius 1 is 1.31 bits per heavy atom. The number of carbonyl (C=O) groups is 1. The number of nitrogens with two attached hydrogens (primary N) is 1. The Morgan fingerprint density at radius 2 is 2.14 bits per heavy atom. The Morgan fingerprint density at radius 3 is 2.89 bits per heavy atom. The number of aromatic amines is 1. The highest BCUT2D eigenvalue weighted by molar-refractivity contribution is 7.13. The number of nitrogens with one attached hydrogen (secondary N) is 1. The summed E-state index contributed by atoms with van der Waals surface area (Å²) in [5, 5.41) is 5.98. The van der Waals surface area contributed by atoms with Crippen molar-refractivity contribution in [3.63, 3.8) is 0 Å². The number of aromatic nitrogens is 2. The van der Waals surface area contributed by atoms with Gasteiger partial charge >= 0.3 is 6.09 Å². The monoisotopic (exact) mass is 511 g/mol. The summed E-state index contributed by atoms with van der Waals surface area (Å²) < 4.78 is 11.3. The molecule has 0 saturated carbocycles. The van der Waals surface area contributed by atoms with E-state index in [1.165, 1.54) is 16.9 Å². The standard InChI is InChI=1S/C25H26ClN5O3S/c1-2-33-25(32)30-11-9-19-20-15-17(26)5-8-21(20)29-22(19)23(30)16-3-6-18(7-4-16)34-13-12-31(27)24-28-10-14-35-24/h3-8,10,14-15,23,29H,2,9,11-13,27H2,1H3. The number of rotatable bonds is 7. The van der Waals surface area contributed by atoms with Crippen LogP contribution in [0.3, 0.4) is 0 Å². The van der Waals surface area contributed by atoms with E-state index in [1.54, 1.807) is 16.1 Å². The molecule has 0 saturated heterocycles. The largest absolute Gasteiger partial charge is 0.492 e. The highest BCUT2D eigenvalue weighted by Crippen LogP contribution is 2.39. The predicted octanol–water partition coefficient (Wildman–Crippen LogP) is 5.14. The van der Waals surface area contributed by atoms with Crippen LogP contribution in [-0.4, -0.2) is 47.3 Å². The van der Waals surface area contributed by atoms with Gasteiger partial charge in [-0.15, -0.1) is 11.3 Å². The smallest absolute Gasteiger partial charge is 0.410 e. The molecule has 1 atom stereocenters. The number of benzene rings is 2. The van der Waals surface area contributed by atoms with Crippen molar-refractivity contribution in [2.45, 2.75) is 19.4 Å². The highest BCUT2D eigenvalue weighted by Gasteiger charge is 2.35. The lowest BCUT2D eigenvalue weighted by molar-refractivity contribution is 0.0932. The van der Waals surface area contributed by atoms with Crippen LogP contribution in [-0.2, 0) is 11.2 Å². The minimum absolute atomic E-state index is 0.303. The molecule has 0 bridgehead atoms. The van der Waals surface area contributed by atoms with Crippen molar-refractivity contribution in [1.82, 2.24) is 14.9 Å².